The number of aliphatic hydroxyl groups excluding tert-OH is 1. The molecule has 0 fully saturated rings. The van der Waals surface area contributed by atoms with E-state index in [0.717, 1.165) is 121 Å². The number of esters is 4. The van der Waals surface area contributed by atoms with E-state index >= 15 is 0 Å². The summed E-state index contributed by atoms with van der Waals surface area (Å²) in [7, 11) is -9.87. The van der Waals surface area contributed by atoms with Crippen molar-refractivity contribution in [3.8, 4) is 0 Å². The zero-order valence-corrected chi connectivity index (χ0v) is 55.8. The van der Waals surface area contributed by atoms with Crippen molar-refractivity contribution < 1.29 is 80.2 Å². The Morgan fingerprint density at radius 1 is 0.321 bits per heavy atom. The summed E-state index contributed by atoms with van der Waals surface area (Å²) < 4.78 is 67.8. The Hall–Kier alpha value is -1.94. The van der Waals surface area contributed by atoms with E-state index in [1.54, 1.807) is 0 Å². The highest BCUT2D eigenvalue weighted by atomic mass is 31.2. The lowest BCUT2D eigenvalue weighted by Gasteiger charge is -2.21. The lowest BCUT2D eigenvalue weighted by atomic mass is 10.0. The van der Waals surface area contributed by atoms with Crippen LogP contribution in [-0.4, -0.2) is 96.7 Å². The second-order valence-electron chi connectivity index (χ2n) is 24.0. The molecule has 84 heavy (non-hydrogen) atoms. The smallest absolute Gasteiger partial charge is 0.462 e. The maximum absolute atomic E-state index is 13.0. The number of hydrogen-bond donors (Lipinski definition) is 3. The fraction of sp³-hybridized carbons (Fsp3) is 0.938. The number of phosphoric ester groups is 2. The summed E-state index contributed by atoms with van der Waals surface area (Å²) in [6.07, 6.45) is 43.5. The van der Waals surface area contributed by atoms with Crippen molar-refractivity contribution in [3.63, 3.8) is 0 Å². The van der Waals surface area contributed by atoms with Crippen LogP contribution in [0.25, 0.3) is 0 Å². The van der Waals surface area contributed by atoms with Gasteiger partial charge >= 0.3 is 39.5 Å². The van der Waals surface area contributed by atoms with Crippen molar-refractivity contribution >= 4 is 39.5 Å². The number of carbonyl (C=O) groups is 4. The van der Waals surface area contributed by atoms with Gasteiger partial charge in [0.05, 0.1) is 26.4 Å². The summed E-state index contributed by atoms with van der Waals surface area (Å²) in [6.45, 7) is 7.14. The Kier molecular flexibility index (Phi) is 57.4. The average Bonchev–Trinajstić information content (AvgIpc) is 3.47. The third-order valence-electron chi connectivity index (χ3n) is 15.0. The summed E-state index contributed by atoms with van der Waals surface area (Å²) >= 11 is 0. The quantitative estimate of drug-likeness (QED) is 0.0222. The summed E-state index contributed by atoms with van der Waals surface area (Å²) in [5.74, 6) is -1.32. The molecule has 0 aromatic carbocycles. The van der Waals surface area contributed by atoms with Gasteiger partial charge in [-0.2, -0.15) is 0 Å². The minimum absolute atomic E-state index is 0.104. The van der Waals surface area contributed by atoms with Crippen LogP contribution in [-0.2, 0) is 65.4 Å². The number of aliphatic hydroxyl groups is 1. The topological polar surface area (TPSA) is 237 Å². The predicted molar refractivity (Wildman–Crippen MR) is 335 cm³/mol. The lowest BCUT2D eigenvalue weighted by Crippen LogP contribution is -2.30. The molecule has 2 unspecified atom stereocenters. The largest absolute Gasteiger partial charge is 0.472 e. The standard InChI is InChI=1S/C65H126O17P2/c1-6-9-12-15-18-29-35-39-44-49-63(68)76-55-61(82-65(70)51-46-41-36-31-28-26-24-22-20-19-21-23-25-27-30-34-37-42-47-58(4)5)57-80-84(73,74)78-53-59(66)52-77-83(71,72)79-56-60(81-64(69)50-45-40-33-17-14-11-8-3)54-75-62(67)48-43-38-32-16-13-10-7-2/h58-61,66H,6-57H2,1-5H3,(H,71,72)(H,73,74)/t59-,60+,61+/m0/s1. The Balaban J connectivity index is 5.05. The van der Waals surface area contributed by atoms with Crippen molar-refractivity contribution in [3.05, 3.63) is 0 Å². The van der Waals surface area contributed by atoms with E-state index in [9.17, 15) is 43.2 Å². The van der Waals surface area contributed by atoms with E-state index in [2.05, 4.69) is 34.6 Å². The molecule has 17 nitrogen and oxygen atoms in total. The van der Waals surface area contributed by atoms with Gasteiger partial charge in [-0.1, -0.05) is 279 Å². The average molecular weight is 1240 g/mol. The van der Waals surface area contributed by atoms with E-state index in [1.165, 1.54) is 128 Å². The molecule has 0 heterocycles. The highest BCUT2D eigenvalue weighted by Gasteiger charge is 2.30. The van der Waals surface area contributed by atoms with Gasteiger partial charge in [-0.15, -0.1) is 0 Å². The Morgan fingerprint density at radius 3 is 0.810 bits per heavy atom. The molecule has 0 saturated heterocycles. The minimum atomic E-state index is -4.94. The number of hydrogen-bond acceptors (Lipinski definition) is 15. The molecular formula is C65H126O17P2. The van der Waals surface area contributed by atoms with Crippen LogP contribution in [0, 0.1) is 5.92 Å². The van der Waals surface area contributed by atoms with Gasteiger partial charge in [0.25, 0.3) is 0 Å². The summed E-state index contributed by atoms with van der Waals surface area (Å²) in [6, 6.07) is 0. The van der Waals surface area contributed by atoms with Crippen molar-refractivity contribution in [2.75, 3.05) is 39.6 Å². The molecular weight excluding hydrogens is 1110 g/mol. The molecule has 0 radical (unpaired) electrons. The molecule has 0 aliphatic heterocycles. The summed E-state index contributed by atoms with van der Waals surface area (Å²) in [5.41, 5.74) is 0. The first-order chi connectivity index (χ1) is 40.5. The molecule has 0 bridgehead atoms. The monoisotopic (exact) mass is 1240 g/mol. The molecule has 0 aromatic heterocycles. The molecule has 0 aromatic rings. The second kappa shape index (κ2) is 58.7. The predicted octanol–water partition coefficient (Wildman–Crippen LogP) is 18.2. The fourth-order valence-electron chi connectivity index (χ4n) is 9.76. The van der Waals surface area contributed by atoms with E-state index in [1.807, 2.05) is 0 Å². The summed E-state index contributed by atoms with van der Waals surface area (Å²) in [4.78, 5) is 71.9. The van der Waals surface area contributed by atoms with Gasteiger partial charge in [-0.05, 0) is 31.6 Å². The van der Waals surface area contributed by atoms with Gasteiger partial charge in [0.1, 0.15) is 19.3 Å². The minimum Gasteiger partial charge on any atom is -0.462 e. The normalized spacial score (nSPS) is 14.2. The SMILES string of the molecule is CCCCCCCCCCCC(=O)OC[C@H](COP(=O)(O)OC[C@@H](O)COP(=O)(O)OC[C@@H](COC(=O)CCCCCCCCC)OC(=O)CCCCCCCCC)OC(=O)CCCCCCCCCCCCCCCCCCCCC(C)C. The first-order valence-corrected chi connectivity index (χ1v) is 37.1. The van der Waals surface area contributed by atoms with Crippen molar-refractivity contribution in [2.24, 2.45) is 5.92 Å². The van der Waals surface area contributed by atoms with E-state index in [-0.39, 0.29) is 25.7 Å². The molecule has 3 N–H and O–H groups in total. The maximum Gasteiger partial charge on any atom is 0.472 e. The van der Waals surface area contributed by atoms with Crippen LogP contribution in [0.3, 0.4) is 0 Å². The molecule has 0 rings (SSSR count). The van der Waals surface area contributed by atoms with E-state index in [0.29, 0.717) is 25.7 Å². The molecule has 0 aliphatic rings. The number of ether oxygens (including phenoxy) is 4. The van der Waals surface area contributed by atoms with Crippen LogP contribution in [0.2, 0.25) is 0 Å². The molecule has 0 saturated carbocycles. The number of unbranched alkanes of at least 4 members (excludes halogenated alkanes) is 37. The van der Waals surface area contributed by atoms with Crippen LogP contribution in [0.4, 0.5) is 0 Å². The summed E-state index contributed by atoms with van der Waals surface area (Å²) in [5, 5.41) is 10.5. The van der Waals surface area contributed by atoms with E-state index in [4.69, 9.17) is 37.0 Å². The Bertz CT molecular complexity index is 1640. The van der Waals surface area contributed by atoms with Gasteiger partial charge < -0.3 is 33.8 Å². The van der Waals surface area contributed by atoms with Crippen LogP contribution in [0.15, 0.2) is 0 Å². The molecule has 0 spiro atoms. The third kappa shape index (κ3) is 59.0. The van der Waals surface area contributed by atoms with Crippen molar-refractivity contribution in [2.45, 2.75) is 348 Å². The van der Waals surface area contributed by atoms with Gasteiger partial charge in [0.15, 0.2) is 12.2 Å². The molecule has 19 heteroatoms. The van der Waals surface area contributed by atoms with Crippen LogP contribution in [0.5, 0.6) is 0 Å². The van der Waals surface area contributed by atoms with Gasteiger partial charge in [0, 0.05) is 25.7 Å². The van der Waals surface area contributed by atoms with Gasteiger partial charge in [-0.25, -0.2) is 9.13 Å². The number of carbonyl (C=O) groups excluding carboxylic acids is 4. The first-order valence-electron chi connectivity index (χ1n) is 34.1. The second-order valence-corrected chi connectivity index (χ2v) is 26.9. The highest BCUT2D eigenvalue weighted by molar-refractivity contribution is 7.47. The molecule has 0 aliphatic carbocycles. The zero-order valence-electron chi connectivity index (χ0n) is 54.0. The molecule has 498 valence electrons. The molecule has 0 amide bonds. The Labute approximate surface area is 511 Å². The van der Waals surface area contributed by atoms with E-state index < -0.39 is 97.5 Å². The first kappa shape index (κ1) is 82.1. The lowest BCUT2D eigenvalue weighted by molar-refractivity contribution is -0.161. The fourth-order valence-corrected chi connectivity index (χ4v) is 11.3. The number of phosphoric acid groups is 2. The van der Waals surface area contributed by atoms with Gasteiger partial charge in [0.2, 0.25) is 0 Å². The van der Waals surface area contributed by atoms with Crippen LogP contribution < -0.4 is 0 Å². The highest BCUT2D eigenvalue weighted by Crippen LogP contribution is 2.45. The van der Waals surface area contributed by atoms with Crippen molar-refractivity contribution in [1.82, 2.24) is 0 Å². The van der Waals surface area contributed by atoms with Crippen LogP contribution >= 0.6 is 15.6 Å². The third-order valence-corrected chi connectivity index (χ3v) is 16.9. The Morgan fingerprint density at radius 2 is 0.548 bits per heavy atom. The maximum atomic E-state index is 13.0. The van der Waals surface area contributed by atoms with Crippen LogP contribution in [0.1, 0.15) is 330 Å². The zero-order chi connectivity index (χ0) is 62.0. The van der Waals surface area contributed by atoms with Gasteiger partial charge in [-0.3, -0.25) is 37.3 Å². The van der Waals surface area contributed by atoms with Crippen molar-refractivity contribution in [1.29, 1.82) is 0 Å². The number of rotatable bonds is 65. The molecule has 5 atom stereocenters.